The fraction of sp³-hybridized carbons (Fsp3) is 0.421. The first-order valence-corrected chi connectivity index (χ1v) is 8.69. The monoisotopic (exact) mass is 327 g/mol. The van der Waals surface area contributed by atoms with Crippen LogP contribution in [0.5, 0.6) is 0 Å². The van der Waals surface area contributed by atoms with Crippen LogP contribution in [0.15, 0.2) is 36.4 Å². The number of halogens is 1. The Morgan fingerprint density at radius 2 is 1.83 bits per heavy atom. The van der Waals surface area contributed by atoms with Crippen LogP contribution < -0.4 is 4.90 Å². The quantitative estimate of drug-likeness (QED) is 0.794. The SMILES string of the molecule is O=C(O)[C@@H]1[C@H]2CC=C[C@@H]2c2cc(Cl)cc3c2N1C[C@H]1CC=C[C@@H]31. The van der Waals surface area contributed by atoms with Gasteiger partial charge in [0.05, 0.1) is 0 Å². The Labute approximate surface area is 140 Å². The van der Waals surface area contributed by atoms with E-state index in [1.165, 1.54) is 11.1 Å². The van der Waals surface area contributed by atoms with Crippen molar-refractivity contribution < 1.29 is 9.90 Å². The lowest BCUT2D eigenvalue weighted by Crippen LogP contribution is -2.54. The van der Waals surface area contributed by atoms with E-state index in [9.17, 15) is 9.90 Å². The van der Waals surface area contributed by atoms with Gasteiger partial charge in [-0.25, -0.2) is 4.79 Å². The van der Waals surface area contributed by atoms with Gasteiger partial charge in [0, 0.05) is 35.0 Å². The van der Waals surface area contributed by atoms with Crippen molar-refractivity contribution in [3.05, 3.63) is 52.6 Å². The van der Waals surface area contributed by atoms with Crippen LogP contribution in [0.4, 0.5) is 5.69 Å². The molecule has 1 aromatic carbocycles. The largest absolute Gasteiger partial charge is 0.480 e. The number of fused-ring (bicyclic) bond motifs is 4. The summed E-state index contributed by atoms with van der Waals surface area (Å²) >= 11 is 6.43. The minimum atomic E-state index is -0.695. The molecule has 0 unspecified atom stereocenters. The second-order valence-electron chi connectivity index (χ2n) is 7.17. The molecule has 1 N–H and O–H groups in total. The number of carboxylic acid groups (broad SMARTS) is 1. The van der Waals surface area contributed by atoms with Crippen LogP contribution in [-0.2, 0) is 4.79 Å². The third kappa shape index (κ3) is 1.74. The highest BCUT2D eigenvalue weighted by molar-refractivity contribution is 6.31. The molecule has 1 aromatic rings. The summed E-state index contributed by atoms with van der Waals surface area (Å²) in [6.07, 6.45) is 10.7. The minimum Gasteiger partial charge on any atom is -0.480 e. The van der Waals surface area contributed by atoms with Gasteiger partial charge < -0.3 is 10.0 Å². The maximum absolute atomic E-state index is 12.1. The third-order valence-corrected chi connectivity index (χ3v) is 6.29. The number of nitrogens with zero attached hydrogens (tertiary/aromatic N) is 1. The van der Waals surface area contributed by atoms with E-state index >= 15 is 0 Å². The third-order valence-electron chi connectivity index (χ3n) is 6.07. The molecule has 0 amide bonds. The van der Waals surface area contributed by atoms with Gasteiger partial charge in [-0.3, -0.25) is 0 Å². The maximum Gasteiger partial charge on any atom is 0.326 e. The molecule has 23 heavy (non-hydrogen) atoms. The smallest absolute Gasteiger partial charge is 0.326 e. The minimum absolute atomic E-state index is 0.122. The molecule has 0 aromatic heterocycles. The normalized spacial score (nSPS) is 35.9. The second-order valence-corrected chi connectivity index (χ2v) is 7.61. The number of hydrogen-bond acceptors (Lipinski definition) is 2. The van der Waals surface area contributed by atoms with Crippen molar-refractivity contribution in [1.29, 1.82) is 0 Å². The van der Waals surface area contributed by atoms with Gasteiger partial charge >= 0.3 is 5.97 Å². The van der Waals surface area contributed by atoms with Crippen LogP contribution in [-0.4, -0.2) is 23.7 Å². The van der Waals surface area contributed by atoms with Crippen LogP contribution in [0.3, 0.4) is 0 Å². The fourth-order valence-corrected chi connectivity index (χ4v) is 5.44. The van der Waals surface area contributed by atoms with Crippen molar-refractivity contribution in [3.63, 3.8) is 0 Å². The fourth-order valence-electron chi connectivity index (χ4n) is 5.21. The number of hydrogen-bond donors (Lipinski definition) is 1. The summed E-state index contributed by atoms with van der Waals surface area (Å²) < 4.78 is 0. The first kappa shape index (κ1) is 13.7. The lowest BCUT2D eigenvalue weighted by molar-refractivity contribution is -0.140. The molecule has 2 aliphatic carbocycles. The molecule has 118 valence electrons. The first-order chi connectivity index (χ1) is 11.1. The Kier molecular flexibility index (Phi) is 2.76. The molecule has 0 spiro atoms. The number of carbonyl (C=O) groups is 1. The number of anilines is 1. The summed E-state index contributed by atoms with van der Waals surface area (Å²) in [6, 6.07) is 3.68. The number of benzene rings is 1. The molecular weight excluding hydrogens is 310 g/mol. The predicted octanol–water partition coefficient (Wildman–Crippen LogP) is 3.95. The topological polar surface area (TPSA) is 40.5 Å². The van der Waals surface area contributed by atoms with E-state index in [4.69, 9.17) is 11.6 Å². The Morgan fingerprint density at radius 1 is 1.13 bits per heavy atom. The number of rotatable bonds is 1. The highest BCUT2D eigenvalue weighted by Gasteiger charge is 2.49. The van der Waals surface area contributed by atoms with E-state index in [-0.39, 0.29) is 11.8 Å². The maximum atomic E-state index is 12.1. The van der Waals surface area contributed by atoms with E-state index in [0.29, 0.717) is 11.8 Å². The summed E-state index contributed by atoms with van der Waals surface area (Å²) in [5.41, 5.74) is 3.59. The van der Waals surface area contributed by atoms with Gasteiger partial charge in [0.15, 0.2) is 0 Å². The molecule has 0 saturated carbocycles. The van der Waals surface area contributed by atoms with Crippen LogP contribution in [0.25, 0.3) is 0 Å². The average molecular weight is 328 g/mol. The van der Waals surface area contributed by atoms with Crippen LogP contribution in [0.2, 0.25) is 5.02 Å². The van der Waals surface area contributed by atoms with Gasteiger partial charge in [-0.15, -0.1) is 0 Å². The van der Waals surface area contributed by atoms with Crippen LogP contribution in [0.1, 0.15) is 35.8 Å². The zero-order valence-corrected chi connectivity index (χ0v) is 13.4. The van der Waals surface area contributed by atoms with Gasteiger partial charge in [-0.05, 0) is 42.0 Å². The Balaban J connectivity index is 1.78. The standard InChI is InChI=1S/C19H18ClNO2/c20-11-7-15-12-4-1-3-10(12)9-21-17(15)16(8-11)13-5-2-6-14(13)18(21)19(22)23/h1-2,4-5,7-8,10,12-14,18H,3,6,9H2,(H,22,23)/t10-,12-,13+,14+,18+/m1/s1. The number of carboxylic acids is 1. The molecule has 5 atom stereocenters. The zero-order chi connectivity index (χ0) is 15.7. The lowest BCUT2D eigenvalue weighted by Gasteiger charge is -2.49. The zero-order valence-electron chi connectivity index (χ0n) is 12.7. The molecule has 4 heteroatoms. The molecule has 0 fully saturated rings. The lowest BCUT2D eigenvalue weighted by atomic mass is 9.72. The van der Waals surface area contributed by atoms with Crippen molar-refractivity contribution in [2.45, 2.75) is 30.7 Å². The molecule has 0 saturated heterocycles. The summed E-state index contributed by atoms with van der Waals surface area (Å²) in [5.74, 6) is 0.468. The van der Waals surface area contributed by atoms with Crippen molar-refractivity contribution in [3.8, 4) is 0 Å². The second kappa shape index (κ2) is 4.64. The molecule has 0 bridgehead atoms. The molecular formula is C19H18ClNO2. The Bertz CT molecular complexity index is 752. The van der Waals surface area contributed by atoms with Gasteiger partial charge in [0.2, 0.25) is 0 Å². The summed E-state index contributed by atoms with van der Waals surface area (Å²) in [4.78, 5) is 14.2. The molecule has 2 aliphatic heterocycles. The van der Waals surface area contributed by atoms with Crippen molar-refractivity contribution in [2.24, 2.45) is 11.8 Å². The van der Waals surface area contributed by atoms with Crippen molar-refractivity contribution >= 4 is 23.3 Å². The highest BCUT2D eigenvalue weighted by Crippen LogP contribution is 2.55. The average Bonchev–Trinajstić information content (AvgIpc) is 3.15. The predicted molar refractivity (Wildman–Crippen MR) is 90.2 cm³/mol. The van der Waals surface area contributed by atoms with E-state index < -0.39 is 12.0 Å². The number of allylic oxidation sites excluding steroid dienone is 4. The van der Waals surface area contributed by atoms with E-state index in [1.54, 1.807) is 0 Å². The summed E-state index contributed by atoms with van der Waals surface area (Å²) in [7, 11) is 0. The number of aliphatic carboxylic acids is 1. The first-order valence-electron chi connectivity index (χ1n) is 8.31. The molecule has 5 rings (SSSR count). The van der Waals surface area contributed by atoms with Crippen LogP contribution >= 0.6 is 11.6 Å². The van der Waals surface area contributed by atoms with Gasteiger partial charge in [-0.1, -0.05) is 35.9 Å². The molecule has 4 aliphatic rings. The van der Waals surface area contributed by atoms with Crippen molar-refractivity contribution in [2.75, 3.05) is 11.4 Å². The van der Waals surface area contributed by atoms with E-state index in [2.05, 4.69) is 41.3 Å². The van der Waals surface area contributed by atoms with Gasteiger partial charge in [0.1, 0.15) is 6.04 Å². The Morgan fingerprint density at radius 3 is 2.61 bits per heavy atom. The molecule has 3 nitrogen and oxygen atoms in total. The molecule has 2 heterocycles. The van der Waals surface area contributed by atoms with Gasteiger partial charge in [-0.2, -0.15) is 0 Å². The van der Waals surface area contributed by atoms with Crippen molar-refractivity contribution in [1.82, 2.24) is 0 Å². The Hall–Kier alpha value is -1.74. The summed E-state index contributed by atoms with van der Waals surface area (Å²) in [5, 5.41) is 10.7. The van der Waals surface area contributed by atoms with Crippen LogP contribution in [0, 0.1) is 11.8 Å². The highest BCUT2D eigenvalue weighted by atomic mass is 35.5. The van der Waals surface area contributed by atoms with E-state index in [0.717, 1.165) is 30.1 Å². The summed E-state index contributed by atoms with van der Waals surface area (Å²) in [6.45, 7) is 0.833. The molecule has 0 radical (unpaired) electrons. The van der Waals surface area contributed by atoms with E-state index in [1.807, 2.05) is 0 Å². The van der Waals surface area contributed by atoms with Gasteiger partial charge in [0.25, 0.3) is 0 Å².